The third-order valence-electron chi connectivity index (χ3n) is 2.81. The highest BCUT2D eigenvalue weighted by atomic mass is 19.1. The van der Waals surface area contributed by atoms with Gasteiger partial charge in [0.25, 0.3) is 0 Å². The van der Waals surface area contributed by atoms with Crippen LogP contribution in [-0.4, -0.2) is 11.2 Å². The summed E-state index contributed by atoms with van der Waals surface area (Å²) < 4.78 is 12.8. The van der Waals surface area contributed by atoms with Crippen LogP contribution in [0.4, 0.5) is 4.39 Å². The second-order valence-corrected chi connectivity index (χ2v) is 3.73. The molecule has 0 amide bonds. The minimum absolute atomic E-state index is 0.176. The summed E-state index contributed by atoms with van der Waals surface area (Å²) >= 11 is 0. The Bertz CT molecular complexity index is 320. The quantitative estimate of drug-likeness (QED) is 0.702. The predicted molar refractivity (Wildman–Crippen MR) is 49.1 cm³/mol. The Labute approximate surface area is 77.2 Å². The standard InChI is InChI=1S/C11H13FO/c1-7(13)10-4-2-8-6-9(12)3-5-11(8)10/h3,5-7,10,13H,2,4H2,1H3. The first-order valence-electron chi connectivity index (χ1n) is 4.65. The third kappa shape index (κ3) is 1.46. The van der Waals surface area contributed by atoms with Crippen molar-refractivity contribution < 1.29 is 9.50 Å². The number of hydrogen-bond donors (Lipinski definition) is 1. The topological polar surface area (TPSA) is 20.2 Å². The van der Waals surface area contributed by atoms with Crippen LogP contribution in [0, 0.1) is 5.82 Å². The van der Waals surface area contributed by atoms with Crippen LogP contribution in [0.15, 0.2) is 18.2 Å². The monoisotopic (exact) mass is 180 g/mol. The van der Waals surface area contributed by atoms with Gasteiger partial charge < -0.3 is 5.11 Å². The minimum atomic E-state index is -0.327. The van der Waals surface area contributed by atoms with Gasteiger partial charge in [0.15, 0.2) is 0 Å². The molecule has 2 heteroatoms. The Morgan fingerprint density at radius 2 is 2.31 bits per heavy atom. The number of fused-ring (bicyclic) bond motifs is 1. The summed E-state index contributed by atoms with van der Waals surface area (Å²) in [4.78, 5) is 0. The highest BCUT2D eigenvalue weighted by Crippen LogP contribution is 2.35. The van der Waals surface area contributed by atoms with Gasteiger partial charge >= 0.3 is 0 Å². The van der Waals surface area contributed by atoms with Crippen molar-refractivity contribution in [1.82, 2.24) is 0 Å². The second-order valence-electron chi connectivity index (χ2n) is 3.73. The zero-order chi connectivity index (χ0) is 9.42. The molecule has 0 saturated carbocycles. The van der Waals surface area contributed by atoms with Crippen LogP contribution in [0.1, 0.15) is 30.4 Å². The van der Waals surface area contributed by atoms with Gasteiger partial charge in [0.05, 0.1) is 6.10 Å². The van der Waals surface area contributed by atoms with E-state index in [4.69, 9.17) is 0 Å². The van der Waals surface area contributed by atoms with Crippen molar-refractivity contribution in [3.05, 3.63) is 35.1 Å². The van der Waals surface area contributed by atoms with E-state index in [9.17, 15) is 9.50 Å². The molecule has 1 aliphatic carbocycles. The molecule has 1 aromatic rings. The van der Waals surface area contributed by atoms with Gasteiger partial charge in [-0.2, -0.15) is 0 Å². The number of rotatable bonds is 1. The number of aliphatic hydroxyl groups excluding tert-OH is 1. The molecule has 70 valence electrons. The first-order chi connectivity index (χ1) is 6.18. The molecule has 1 aromatic carbocycles. The molecule has 0 aromatic heterocycles. The molecule has 1 nitrogen and oxygen atoms in total. The molecular weight excluding hydrogens is 167 g/mol. The van der Waals surface area contributed by atoms with Gasteiger partial charge in [0.1, 0.15) is 5.82 Å². The minimum Gasteiger partial charge on any atom is -0.393 e. The zero-order valence-corrected chi connectivity index (χ0v) is 7.63. The smallest absolute Gasteiger partial charge is 0.123 e. The normalized spacial score (nSPS) is 22.8. The Balaban J connectivity index is 2.38. The Morgan fingerprint density at radius 3 is 3.00 bits per heavy atom. The first-order valence-corrected chi connectivity index (χ1v) is 4.65. The molecule has 0 aliphatic heterocycles. The van der Waals surface area contributed by atoms with Crippen molar-refractivity contribution in [2.45, 2.75) is 31.8 Å². The molecule has 0 spiro atoms. The molecule has 0 fully saturated rings. The van der Waals surface area contributed by atoms with E-state index >= 15 is 0 Å². The first kappa shape index (κ1) is 8.70. The molecule has 13 heavy (non-hydrogen) atoms. The lowest BCUT2D eigenvalue weighted by Crippen LogP contribution is -2.11. The van der Waals surface area contributed by atoms with Gasteiger partial charge in [0, 0.05) is 5.92 Å². The largest absolute Gasteiger partial charge is 0.393 e. The predicted octanol–water partition coefficient (Wildman–Crippen LogP) is 2.24. The lowest BCUT2D eigenvalue weighted by Gasteiger charge is -2.14. The van der Waals surface area contributed by atoms with Crippen molar-refractivity contribution in [1.29, 1.82) is 0 Å². The molecular formula is C11H13FO. The molecule has 0 saturated heterocycles. The lowest BCUT2D eigenvalue weighted by molar-refractivity contribution is 0.162. The van der Waals surface area contributed by atoms with Crippen molar-refractivity contribution >= 4 is 0 Å². The van der Waals surface area contributed by atoms with E-state index in [0.29, 0.717) is 0 Å². The summed E-state index contributed by atoms with van der Waals surface area (Å²) in [6.45, 7) is 1.79. The third-order valence-corrected chi connectivity index (χ3v) is 2.81. The number of aliphatic hydroxyl groups is 1. The van der Waals surface area contributed by atoms with E-state index in [1.54, 1.807) is 19.1 Å². The maximum atomic E-state index is 12.8. The van der Waals surface area contributed by atoms with Crippen molar-refractivity contribution in [3.8, 4) is 0 Å². The van der Waals surface area contributed by atoms with Crippen molar-refractivity contribution in [2.24, 2.45) is 0 Å². The lowest BCUT2D eigenvalue weighted by atomic mass is 9.96. The molecule has 0 heterocycles. The van der Waals surface area contributed by atoms with Crippen molar-refractivity contribution in [3.63, 3.8) is 0 Å². The summed E-state index contributed by atoms with van der Waals surface area (Å²) in [5, 5.41) is 9.47. The van der Waals surface area contributed by atoms with Gasteiger partial charge in [-0.25, -0.2) is 4.39 Å². The second kappa shape index (κ2) is 3.11. The fourth-order valence-electron chi connectivity index (χ4n) is 2.12. The Hall–Kier alpha value is -0.890. The summed E-state index contributed by atoms with van der Waals surface area (Å²) in [6.07, 6.45) is 1.51. The SMILES string of the molecule is CC(O)C1CCc2cc(F)ccc21. The molecule has 2 rings (SSSR count). The van der Waals surface area contributed by atoms with Crippen LogP contribution in [0.3, 0.4) is 0 Å². The molecule has 0 bridgehead atoms. The maximum Gasteiger partial charge on any atom is 0.123 e. The van der Waals surface area contributed by atoms with Gasteiger partial charge in [0.2, 0.25) is 0 Å². The van der Waals surface area contributed by atoms with E-state index in [1.165, 1.54) is 6.07 Å². The number of aryl methyl sites for hydroxylation is 1. The van der Waals surface area contributed by atoms with Crippen LogP contribution in [-0.2, 0) is 6.42 Å². The van der Waals surface area contributed by atoms with Gasteiger partial charge in [-0.05, 0) is 43.0 Å². The number of halogens is 1. The van der Waals surface area contributed by atoms with E-state index < -0.39 is 0 Å². The molecule has 2 atom stereocenters. The highest BCUT2D eigenvalue weighted by Gasteiger charge is 2.25. The van der Waals surface area contributed by atoms with Crippen LogP contribution >= 0.6 is 0 Å². The van der Waals surface area contributed by atoms with E-state index in [-0.39, 0.29) is 17.8 Å². The fraction of sp³-hybridized carbons (Fsp3) is 0.455. The van der Waals surface area contributed by atoms with Gasteiger partial charge in [-0.15, -0.1) is 0 Å². The summed E-state index contributed by atoms with van der Waals surface area (Å²) in [5.74, 6) is 0.0283. The Kier molecular flexibility index (Phi) is 2.08. The van der Waals surface area contributed by atoms with Gasteiger partial charge in [-0.3, -0.25) is 0 Å². The van der Waals surface area contributed by atoms with Crippen LogP contribution in [0.2, 0.25) is 0 Å². The number of hydrogen-bond acceptors (Lipinski definition) is 1. The van der Waals surface area contributed by atoms with Gasteiger partial charge in [-0.1, -0.05) is 6.07 Å². The summed E-state index contributed by atoms with van der Waals surface area (Å²) in [7, 11) is 0. The van der Waals surface area contributed by atoms with E-state index in [2.05, 4.69) is 0 Å². The van der Waals surface area contributed by atoms with Crippen LogP contribution in [0.25, 0.3) is 0 Å². The average molecular weight is 180 g/mol. The highest BCUT2D eigenvalue weighted by molar-refractivity contribution is 5.36. The molecule has 2 unspecified atom stereocenters. The van der Waals surface area contributed by atoms with E-state index in [0.717, 1.165) is 24.0 Å². The zero-order valence-electron chi connectivity index (χ0n) is 7.63. The van der Waals surface area contributed by atoms with E-state index in [1.807, 2.05) is 0 Å². The van der Waals surface area contributed by atoms with Crippen LogP contribution in [0.5, 0.6) is 0 Å². The van der Waals surface area contributed by atoms with Crippen LogP contribution < -0.4 is 0 Å². The summed E-state index contributed by atoms with van der Waals surface area (Å²) in [5.41, 5.74) is 2.18. The maximum absolute atomic E-state index is 12.8. The molecule has 0 radical (unpaired) electrons. The molecule has 1 N–H and O–H groups in total. The average Bonchev–Trinajstić information content (AvgIpc) is 2.46. The fourth-order valence-corrected chi connectivity index (χ4v) is 2.12. The molecule has 1 aliphatic rings. The number of benzene rings is 1. The Morgan fingerprint density at radius 1 is 1.54 bits per heavy atom. The summed E-state index contributed by atoms with van der Waals surface area (Å²) in [6, 6.07) is 4.85. The van der Waals surface area contributed by atoms with Crippen molar-refractivity contribution in [2.75, 3.05) is 0 Å².